The molecule has 0 radical (unpaired) electrons. The molecule has 1 aromatic carbocycles. The highest BCUT2D eigenvalue weighted by Crippen LogP contribution is 2.19. The van der Waals surface area contributed by atoms with Gasteiger partial charge < -0.3 is 15.5 Å². The molecule has 0 saturated heterocycles. The quantitative estimate of drug-likeness (QED) is 0.655. The number of nitro groups is 1. The van der Waals surface area contributed by atoms with Crippen LogP contribution in [0.4, 0.5) is 11.6 Å². The lowest BCUT2D eigenvalue weighted by Gasteiger charge is -2.06. The first-order chi connectivity index (χ1) is 9.88. The lowest BCUT2D eigenvalue weighted by molar-refractivity contribution is -0.402. The van der Waals surface area contributed by atoms with E-state index in [4.69, 9.17) is 10.2 Å². The number of carbonyl (C=O) groups is 2. The second kappa shape index (κ2) is 5.45. The van der Waals surface area contributed by atoms with Gasteiger partial charge in [-0.15, -0.1) is 0 Å². The summed E-state index contributed by atoms with van der Waals surface area (Å²) in [6, 6.07) is 6.90. The van der Waals surface area contributed by atoms with Crippen molar-refractivity contribution in [3.63, 3.8) is 0 Å². The molecule has 1 aromatic heterocycles. The molecule has 0 aliphatic carbocycles. The van der Waals surface area contributed by atoms with Gasteiger partial charge in [0.2, 0.25) is 5.91 Å². The molecule has 0 saturated carbocycles. The molecule has 0 bridgehead atoms. The van der Waals surface area contributed by atoms with Crippen molar-refractivity contribution in [2.24, 2.45) is 5.73 Å². The molecular formula is C13H11N3O5. The molecule has 108 valence electrons. The maximum atomic E-state index is 11.9. The van der Waals surface area contributed by atoms with Crippen LogP contribution in [0.2, 0.25) is 0 Å². The lowest BCUT2D eigenvalue weighted by atomic mass is 10.1. The molecule has 1 heterocycles. The zero-order valence-corrected chi connectivity index (χ0v) is 11.0. The summed E-state index contributed by atoms with van der Waals surface area (Å²) in [5, 5.41) is 13.0. The van der Waals surface area contributed by atoms with Gasteiger partial charge in [0.1, 0.15) is 4.92 Å². The molecule has 2 aromatic rings. The number of anilines is 1. The van der Waals surface area contributed by atoms with Gasteiger partial charge in [0, 0.05) is 11.3 Å². The standard InChI is InChI=1S/C13H11N3O5/c1-7-2-3-8(6-9(7)12(14)17)15-13(18)10-4-5-11(21-10)16(19)20/h2-6H,1H3,(H2,14,17)(H,15,18). The van der Waals surface area contributed by atoms with Crippen LogP contribution in [0.15, 0.2) is 34.7 Å². The normalized spacial score (nSPS) is 10.1. The number of carbonyl (C=O) groups excluding carboxylic acids is 2. The number of rotatable bonds is 4. The summed E-state index contributed by atoms with van der Waals surface area (Å²) in [6.45, 7) is 1.71. The van der Waals surface area contributed by atoms with Crippen LogP contribution in [0, 0.1) is 17.0 Å². The van der Waals surface area contributed by atoms with Crippen molar-refractivity contribution in [3.05, 3.63) is 57.3 Å². The number of nitrogens with zero attached hydrogens (tertiary/aromatic N) is 1. The Morgan fingerprint density at radius 2 is 2.00 bits per heavy atom. The smallest absolute Gasteiger partial charge is 0.395 e. The molecule has 0 fully saturated rings. The third kappa shape index (κ3) is 3.06. The Balaban J connectivity index is 2.21. The SMILES string of the molecule is Cc1ccc(NC(=O)c2ccc([N+](=O)[O-])o2)cc1C(N)=O. The van der Waals surface area contributed by atoms with E-state index in [9.17, 15) is 19.7 Å². The predicted octanol–water partition coefficient (Wildman–Crippen LogP) is 1.85. The Labute approximate surface area is 118 Å². The minimum Gasteiger partial charge on any atom is -0.395 e. The molecule has 2 rings (SSSR count). The van der Waals surface area contributed by atoms with E-state index >= 15 is 0 Å². The predicted molar refractivity (Wildman–Crippen MR) is 73.0 cm³/mol. The fraction of sp³-hybridized carbons (Fsp3) is 0.0769. The molecule has 0 unspecified atom stereocenters. The fourth-order valence-corrected chi connectivity index (χ4v) is 1.71. The van der Waals surface area contributed by atoms with E-state index in [0.29, 0.717) is 11.3 Å². The summed E-state index contributed by atoms with van der Waals surface area (Å²) < 4.78 is 4.78. The van der Waals surface area contributed by atoms with Crippen LogP contribution >= 0.6 is 0 Å². The first-order valence-electron chi connectivity index (χ1n) is 5.84. The summed E-state index contributed by atoms with van der Waals surface area (Å²) in [4.78, 5) is 32.8. The minimum absolute atomic E-state index is 0.206. The van der Waals surface area contributed by atoms with Gasteiger partial charge in [-0.05, 0) is 30.7 Å². The average molecular weight is 289 g/mol. The van der Waals surface area contributed by atoms with Crippen molar-refractivity contribution in [1.82, 2.24) is 0 Å². The first-order valence-corrected chi connectivity index (χ1v) is 5.84. The molecule has 0 aliphatic rings. The Morgan fingerprint density at radius 1 is 1.29 bits per heavy atom. The van der Waals surface area contributed by atoms with Crippen LogP contribution in [-0.4, -0.2) is 16.7 Å². The second-order valence-electron chi connectivity index (χ2n) is 4.24. The number of aryl methyl sites for hydroxylation is 1. The Bertz CT molecular complexity index is 735. The van der Waals surface area contributed by atoms with Gasteiger partial charge in [-0.1, -0.05) is 6.07 Å². The van der Waals surface area contributed by atoms with E-state index in [1.165, 1.54) is 12.1 Å². The zero-order valence-electron chi connectivity index (χ0n) is 11.0. The van der Waals surface area contributed by atoms with Crippen LogP contribution < -0.4 is 11.1 Å². The summed E-state index contributed by atoms with van der Waals surface area (Å²) in [7, 11) is 0. The Kier molecular flexibility index (Phi) is 3.70. The topological polar surface area (TPSA) is 128 Å². The van der Waals surface area contributed by atoms with Crippen molar-refractivity contribution in [2.45, 2.75) is 6.92 Å². The van der Waals surface area contributed by atoms with Gasteiger partial charge >= 0.3 is 5.88 Å². The molecular weight excluding hydrogens is 278 g/mol. The highest BCUT2D eigenvalue weighted by atomic mass is 16.6. The van der Waals surface area contributed by atoms with Crippen molar-refractivity contribution in [1.29, 1.82) is 0 Å². The fourth-order valence-electron chi connectivity index (χ4n) is 1.71. The summed E-state index contributed by atoms with van der Waals surface area (Å²) >= 11 is 0. The van der Waals surface area contributed by atoms with Crippen molar-refractivity contribution < 1.29 is 18.9 Å². The van der Waals surface area contributed by atoms with E-state index in [-0.39, 0.29) is 11.3 Å². The molecule has 8 heteroatoms. The largest absolute Gasteiger partial charge is 0.433 e. The van der Waals surface area contributed by atoms with Gasteiger partial charge in [0.25, 0.3) is 5.91 Å². The summed E-state index contributed by atoms with van der Waals surface area (Å²) in [5.74, 6) is -2.01. The molecule has 21 heavy (non-hydrogen) atoms. The third-order valence-corrected chi connectivity index (χ3v) is 2.76. The van der Waals surface area contributed by atoms with Gasteiger partial charge in [0.15, 0.2) is 5.76 Å². The van der Waals surface area contributed by atoms with Gasteiger partial charge in [-0.25, -0.2) is 0 Å². The molecule has 8 nitrogen and oxygen atoms in total. The van der Waals surface area contributed by atoms with Gasteiger partial charge in [0.05, 0.1) is 6.07 Å². The molecule has 0 aliphatic heterocycles. The molecule has 0 spiro atoms. The van der Waals surface area contributed by atoms with Crippen LogP contribution in [0.1, 0.15) is 26.5 Å². The van der Waals surface area contributed by atoms with E-state index in [1.807, 2.05) is 0 Å². The lowest BCUT2D eigenvalue weighted by Crippen LogP contribution is -2.15. The third-order valence-electron chi connectivity index (χ3n) is 2.76. The summed E-state index contributed by atoms with van der Waals surface area (Å²) in [6.07, 6.45) is 0. The number of hydrogen-bond acceptors (Lipinski definition) is 5. The van der Waals surface area contributed by atoms with Gasteiger partial charge in [-0.3, -0.25) is 19.7 Å². The van der Waals surface area contributed by atoms with Crippen LogP contribution in [-0.2, 0) is 0 Å². The highest BCUT2D eigenvalue weighted by Gasteiger charge is 2.17. The number of furan rings is 1. The minimum atomic E-state index is -0.742. The number of benzene rings is 1. The second-order valence-corrected chi connectivity index (χ2v) is 4.24. The van der Waals surface area contributed by atoms with Crippen LogP contribution in [0.5, 0.6) is 0 Å². The van der Waals surface area contributed by atoms with E-state index in [1.54, 1.807) is 19.1 Å². The Morgan fingerprint density at radius 3 is 2.57 bits per heavy atom. The first kappa shape index (κ1) is 14.3. The van der Waals surface area contributed by atoms with Gasteiger partial charge in [-0.2, -0.15) is 0 Å². The van der Waals surface area contributed by atoms with E-state index in [2.05, 4.69) is 5.32 Å². The number of nitrogens with one attached hydrogen (secondary N) is 1. The number of nitrogens with two attached hydrogens (primary N) is 1. The zero-order chi connectivity index (χ0) is 15.6. The number of amides is 2. The van der Waals surface area contributed by atoms with Crippen molar-refractivity contribution in [2.75, 3.05) is 5.32 Å². The Hall–Kier alpha value is -3.16. The molecule has 2 amide bonds. The maximum Gasteiger partial charge on any atom is 0.433 e. The monoisotopic (exact) mass is 289 g/mol. The summed E-state index contributed by atoms with van der Waals surface area (Å²) in [5.41, 5.74) is 6.50. The van der Waals surface area contributed by atoms with E-state index in [0.717, 1.165) is 6.07 Å². The average Bonchev–Trinajstić information content (AvgIpc) is 2.90. The number of hydrogen-bond donors (Lipinski definition) is 2. The molecule has 3 N–H and O–H groups in total. The van der Waals surface area contributed by atoms with Crippen molar-refractivity contribution in [3.8, 4) is 0 Å². The van der Waals surface area contributed by atoms with Crippen LogP contribution in [0.3, 0.4) is 0 Å². The number of primary amides is 1. The maximum absolute atomic E-state index is 11.9. The van der Waals surface area contributed by atoms with Crippen molar-refractivity contribution >= 4 is 23.4 Å². The highest BCUT2D eigenvalue weighted by molar-refractivity contribution is 6.03. The molecule has 0 atom stereocenters. The van der Waals surface area contributed by atoms with E-state index < -0.39 is 22.6 Å². The van der Waals surface area contributed by atoms with Crippen LogP contribution in [0.25, 0.3) is 0 Å².